The third-order valence-electron chi connectivity index (χ3n) is 4.11. The molecule has 2 aromatic rings. The van der Waals surface area contributed by atoms with Gasteiger partial charge in [-0.25, -0.2) is 4.39 Å². The van der Waals surface area contributed by atoms with Crippen LogP contribution in [-0.4, -0.2) is 11.8 Å². The van der Waals surface area contributed by atoms with Gasteiger partial charge in [-0.3, -0.25) is 9.59 Å². The fourth-order valence-corrected chi connectivity index (χ4v) is 2.76. The van der Waals surface area contributed by atoms with Gasteiger partial charge in [0.2, 0.25) is 11.8 Å². The zero-order valence-electron chi connectivity index (χ0n) is 12.5. The lowest BCUT2D eigenvalue weighted by molar-refractivity contribution is -0.122. The monoisotopic (exact) mass is 312 g/mol. The normalized spacial score (nSPS) is 19.2. The molecule has 2 unspecified atom stereocenters. The molecule has 118 valence electrons. The summed E-state index contributed by atoms with van der Waals surface area (Å²) in [6.07, 6.45) is 0.661. The molecule has 0 bridgehead atoms. The average Bonchev–Trinajstić information content (AvgIpc) is 3.34. The average molecular weight is 312 g/mol. The Bertz CT molecular complexity index is 760. The number of carbonyl (C=O) groups excluding carboxylic acids is 2. The van der Waals surface area contributed by atoms with Gasteiger partial charge in [0.25, 0.3) is 0 Å². The Morgan fingerprint density at radius 3 is 2.70 bits per heavy atom. The molecule has 0 spiro atoms. The van der Waals surface area contributed by atoms with Crippen molar-refractivity contribution >= 4 is 11.8 Å². The first kappa shape index (κ1) is 15.2. The summed E-state index contributed by atoms with van der Waals surface area (Å²) in [7, 11) is 0. The molecule has 2 aromatic carbocycles. The van der Waals surface area contributed by atoms with Crippen LogP contribution in [0.15, 0.2) is 48.5 Å². The van der Waals surface area contributed by atoms with Crippen LogP contribution in [0.25, 0.3) is 0 Å². The Morgan fingerprint density at radius 1 is 1.17 bits per heavy atom. The van der Waals surface area contributed by atoms with E-state index in [-0.39, 0.29) is 23.6 Å². The van der Waals surface area contributed by atoms with Gasteiger partial charge in [0, 0.05) is 18.0 Å². The van der Waals surface area contributed by atoms with E-state index in [1.54, 1.807) is 36.4 Å². The molecular formula is C18H17FN2O2. The van der Waals surface area contributed by atoms with Gasteiger partial charge in [-0.15, -0.1) is 0 Å². The highest BCUT2D eigenvalue weighted by Crippen LogP contribution is 2.48. The Hall–Kier alpha value is -2.69. The lowest BCUT2D eigenvalue weighted by Gasteiger charge is -2.07. The summed E-state index contributed by atoms with van der Waals surface area (Å²) in [5.74, 6) is -1.09. The maximum Gasteiger partial charge on any atom is 0.248 e. The third-order valence-corrected chi connectivity index (χ3v) is 4.11. The Kier molecular flexibility index (Phi) is 4.10. The molecule has 1 aliphatic carbocycles. The van der Waals surface area contributed by atoms with E-state index in [2.05, 4.69) is 5.32 Å². The number of hydrogen-bond donors (Lipinski definition) is 2. The fraction of sp³-hybridized carbons (Fsp3) is 0.222. The van der Waals surface area contributed by atoms with Gasteiger partial charge in [0.05, 0.1) is 0 Å². The van der Waals surface area contributed by atoms with Crippen LogP contribution >= 0.6 is 0 Å². The van der Waals surface area contributed by atoms with Gasteiger partial charge >= 0.3 is 0 Å². The maximum atomic E-state index is 13.7. The summed E-state index contributed by atoms with van der Waals surface area (Å²) >= 11 is 0. The zero-order valence-corrected chi connectivity index (χ0v) is 12.5. The topological polar surface area (TPSA) is 72.2 Å². The van der Waals surface area contributed by atoms with Gasteiger partial charge in [-0.05, 0) is 41.7 Å². The molecule has 2 atom stereocenters. The van der Waals surface area contributed by atoms with Crippen LogP contribution in [0.5, 0.6) is 0 Å². The number of primary amides is 1. The number of benzene rings is 2. The minimum atomic E-state index is -0.500. The first-order valence-electron chi connectivity index (χ1n) is 7.47. The fourth-order valence-electron chi connectivity index (χ4n) is 2.76. The molecule has 1 saturated carbocycles. The van der Waals surface area contributed by atoms with Crippen molar-refractivity contribution in [3.63, 3.8) is 0 Å². The number of rotatable bonds is 5. The standard InChI is InChI=1S/C18H17FN2O2/c19-16-7-2-1-6-13(16)14-9-15(14)18(23)21-10-11-4-3-5-12(8-11)17(20)22/h1-8,14-15H,9-10H2,(H2,20,22)(H,21,23). The predicted octanol–water partition coefficient (Wildman–Crippen LogP) is 2.34. The highest BCUT2D eigenvalue weighted by atomic mass is 19.1. The van der Waals surface area contributed by atoms with E-state index in [9.17, 15) is 14.0 Å². The van der Waals surface area contributed by atoms with Crippen LogP contribution in [0, 0.1) is 11.7 Å². The molecule has 0 aromatic heterocycles. The molecule has 3 N–H and O–H groups in total. The molecule has 1 aliphatic rings. The number of nitrogens with two attached hydrogens (primary N) is 1. The summed E-state index contributed by atoms with van der Waals surface area (Å²) in [6.45, 7) is 0.320. The maximum absolute atomic E-state index is 13.7. The molecule has 4 nitrogen and oxygen atoms in total. The van der Waals surface area contributed by atoms with Crippen molar-refractivity contribution in [1.82, 2.24) is 5.32 Å². The Balaban J connectivity index is 1.58. The molecule has 23 heavy (non-hydrogen) atoms. The number of carbonyl (C=O) groups is 2. The molecule has 0 heterocycles. The number of amides is 2. The number of hydrogen-bond acceptors (Lipinski definition) is 2. The van der Waals surface area contributed by atoms with E-state index >= 15 is 0 Å². The van der Waals surface area contributed by atoms with Crippen molar-refractivity contribution in [3.8, 4) is 0 Å². The summed E-state index contributed by atoms with van der Waals surface area (Å²) in [5.41, 5.74) is 7.05. The van der Waals surface area contributed by atoms with Crippen molar-refractivity contribution in [1.29, 1.82) is 0 Å². The van der Waals surface area contributed by atoms with Crippen molar-refractivity contribution in [2.75, 3.05) is 0 Å². The minimum Gasteiger partial charge on any atom is -0.366 e. The molecule has 3 rings (SSSR count). The van der Waals surface area contributed by atoms with Gasteiger partial charge in [0.1, 0.15) is 5.82 Å². The van der Waals surface area contributed by atoms with Gasteiger partial charge < -0.3 is 11.1 Å². The van der Waals surface area contributed by atoms with Crippen LogP contribution < -0.4 is 11.1 Å². The van der Waals surface area contributed by atoms with E-state index in [0.29, 0.717) is 24.1 Å². The minimum absolute atomic E-state index is 0.0480. The molecule has 0 radical (unpaired) electrons. The zero-order chi connectivity index (χ0) is 16.4. The molecule has 0 aliphatic heterocycles. The van der Waals surface area contributed by atoms with Crippen molar-refractivity contribution in [3.05, 3.63) is 71.0 Å². The second-order valence-corrected chi connectivity index (χ2v) is 5.75. The van der Waals surface area contributed by atoms with Crippen LogP contribution in [0.4, 0.5) is 4.39 Å². The van der Waals surface area contributed by atoms with Gasteiger partial charge in [-0.1, -0.05) is 30.3 Å². The number of nitrogens with one attached hydrogen (secondary N) is 1. The highest BCUT2D eigenvalue weighted by molar-refractivity contribution is 5.92. The van der Waals surface area contributed by atoms with E-state index in [4.69, 9.17) is 5.73 Å². The van der Waals surface area contributed by atoms with E-state index in [0.717, 1.165) is 5.56 Å². The summed E-state index contributed by atoms with van der Waals surface area (Å²) in [5, 5.41) is 2.83. The summed E-state index contributed by atoms with van der Waals surface area (Å²) in [6, 6.07) is 13.4. The summed E-state index contributed by atoms with van der Waals surface area (Å²) in [4.78, 5) is 23.3. The quantitative estimate of drug-likeness (QED) is 0.889. The van der Waals surface area contributed by atoms with Crippen LogP contribution in [0.3, 0.4) is 0 Å². The van der Waals surface area contributed by atoms with Gasteiger partial charge in [0.15, 0.2) is 0 Å². The lowest BCUT2D eigenvalue weighted by Crippen LogP contribution is -2.25. The second kappa shape index (κ2) is 6.20. The van der Waals surface area contributed by atoms with Crippen molar-refractivity contribution in [2.45, 2.75) is 18.9 Å². The van der Waals surface area contributed by atoms with E-state index in [1.807, 2.05) is 6.07 Å². The van der Waals surface area contributed by atoms with Crippen molar-refractivity contribution < 1.29 is 14.0 Å². The first-order valence-corrected chi connectivity index (χ1v) is 7.47. The second-order valence-electron chi connectivity index (χ2n) is 5.75. The lowest BCUT2D eigenvalue weighted by atomic mass is 10.1. The number of halogens is 1. The van der Waals surface area contributed by atoms with E-state index < -0.39 is 5.91 Å². The smallest absolute Gasteiger partial charge is 0.248 e. The van der Waals surface area contributed by atoms with Gasteiger partial charge in [-0.2, -0.15) is 0 Å². The molecule has 5 heteroatoms. The predicted molar refractivity (Wildman–Crippen MR) is 84.1 cm³/mol. The highest BCUT2D eigenvalue weighted by Gasteiger charge is 2.44. The van der Waals surface area contributed by atoms with E-state index in [1.165, 1.54) is 6.07 Å². The third kappa shape index (κ3) is 3.39. The molecule has 2 amide bonds. The molecule has 0 saturated heterocycles. The molecular weight excluding hydrogens is 295 g/mol. The first-order chi connectivity index (χ1) is 11.1. The summed E-state index contributed by atoms with van der Waals surface area (Å²) < 4.78 is 13.7. The largest absolute Gasteiger partial charge is 0.366 e. The van der Waals surface area contributed by atoms with Crippen LogP contribution in [0.1, 0.15) is 33.8 Å². The molecule has 1 fully saturated rings. The van der Waals surface area contributed by atoms with Crippen LogP contribution in [-0.2, 0) is 11.3 Å². The Labute approximate surface area is 133 Å². The SMILES string of the molecule is NC(=O)c1cccc(CNC(=O)C2CC2c2ccccc2F)c1. The van der Waals surface area contributed by atoms with Crippen LogP contribution in [0.2, 0.25) is 0 Å². The Morgan fingerprint density at radius 2 is 1.96 bits per heavy atom. The van der Waals surface area contributed by atoms with Crippen molar-refractivity contribution in [2.24, 2.45) is 11.7 Å².